The minimum absolute atomic E-state index is 0.0258. The molecule has 196 valence electrons. The van der Waals surface area contributed by atoms with Crippen molar-refractivity contribution in [2.24, 2.45) is 0 Å². The highest BCUT2D eigenvalue weighted by Crippen LogP contribution is 2.38. The lowest BCUT2D eigenvalue weighted by molar-refractivity contribution is -0.129. The van der Waals surface area contributed by atoms with E-state index in [0.29, 0.717) is 12.8 Å². The first kappa shape index (κ1) is 29.1. The first-order valence-corrected chi connectivity index (χ1v) is 13.2. The molecule has 2 aliphatic heterocycles. The van der Waals surface area contributed by atoms with Crippen LogP contribution in [0.25, 0.3) is 0 Å². The molecule has 0 N–H and O–H groups in total. The first-order chi connectivity index (χ1) is 15.6. The third kappa shape index (κ3) is 7.44. The van der Waals surface area contributed by atoms with Crippen LogP contribution in [-0.2, 0) is 18.8 Å². The molecule has 2 heterocycles. The first-order valence-electron chi connectivity index (χ1n) is 13.2. The largest absolute Gasteiger partial charge is 0.457 e. The highest BCUT2D eigenvalue weighted by atomic mass is 16.7. The second-order valence-electron chi connectivity index (χ2n) is 12.2. The van der Waals surface area contributed by atoms with Gasteiger partial charge >= 0.3 is 13.2 Å². The van der Waals surface area contributed by atoms with Crippen molar-refractivity contribution in [3.8, 4) is 0 Å². The molecule has 0 aromatic rings. The molecular weight excluding hydrogens is 431 g/mol. The number of ether oxygens (including phenoxy) is 1. The van der Waals surface area contributed by atoms with Crippen LogP contribution in [0, 0.1) is 0 Å². The molecule has 7 nitrogen and oxygen atoms in total. The minimum Gasteiger partial charge on any atom is -0.444 e. The van der Waals surface area contributed by atoms with Crippen LogP contribution in [0.2, 0.25) is 6.32 Å². The fourth-order valence-electron chi connectivity index (χ4n) is 4.97. The molecule has 1 amide bonds. The number of nitrogens with zero attached hydrogens (tertiary/aromatic N) is 2. The van der Waals surface area contributed by atoms with E-state index in [1.807, 2.05) is 20.8 Å². The Balaban J connectivity index is 2.04. The summed E-state index contributed by atoms with van der Waals surface area (Å²) in [4.78, 5) is 30.2. The van der Waals surface area contributed by atoms with Gasteiger partial charge in [0.05, 0.1) is 11.2 Å². The van der Waals surface area contributed by atoms with Gasteiger partial charge in [0.1, 0.15) is 11.1 Å². The molecule has 0 saturated carbocycles. The maximum atomic E-state index is 13.1. The van der Waals surface area contributed by atoms with E-state index < -0.39 is 17.2 Å². The van der Waals surface area contributed by atoms with Crippen molar-refractivity contribution in [1.82, 2.24) is 9.80 Å². The molecule has 0 aromatic carbocycles. The highest BCUT2D eigenvalue weighted by Gasteiger charge is 2.50. The molecule has 2 saturated heterocycles. The summed E-state index contributed by atoms with van der Waals surface area (Å²) in [5.74, 6) is 0.0258. The predicted molar refractivity (Wildman–Crippen MR) is 137 cm³/mol. The van der Waals surface area contributed by atoms with Gasteiger partial charge in [0.25, 0.3) is 0 Å². The number of hydrogen-bond donors (Lipinski definition) is 0. The Morgan fingerprint density at radius 1 is 0.971 bits per heavy atom. The predicted octanol–water partition coefficient (Wildman–Crippen LogP) is 5.32. The number of rotatable bonds is 11. The van der Waals surface area contributed by atoms with Gasteiger partial charge in [-0.25, -0.2) is 4.79 Å². The van der Waals surface area contributed by atoms with Crippen LogP contribution in [-0.4, -0.2) is 77.8 Å². The molecule has 1 unspecified atom stereocenters. The summed E-state index contributed by atoms with van der Waals surface area (Å²) in [6.07, 6.45) is 6.62. The lowest BCUT2D eigenvalue weighted by Gasteiger charge is -2.41. The molecule has 0 bridgehead atoms. The Bertz CT molecular complexity index is 684. The van der Waals surface area contributed by atoms with Gasteiger partial charge in [-0.1, -0.05) is 12.8 Å². The van der Waals surface area contributed by atoms with Gasteiger partial charge < -0.3 is 18.9 Å². The SMILES string of the molecule is CC(=O)C(CCCCB1OC(C)(C)C(C)(C)O1)(CCCN1CCCC1)N(C)C(=O)OC(C)(C)C. The van der Waals surface area contributed by atoms with E-state index in [2.05, 4.69) is 32.6 Å². The van der Waals surface area contributed by atoms with Gasteiger partial charge in [-0.15, -0.1) is 0 Å². The normalized spacial score (nSPS) is 22.0. The average Bonchev–Trinajstić information content (AvgIpc) is 3.27. The molecule has 34 heavy (non-hydrogen) atoms. The van der Waals surface area contributed by atoms with Crippen molar-refractivity contribution < 1.29 is 23.6 Å². The quantitative estimate of drug-likeness (QED) is 0.295. The van der Waals surface area contributed by atoms with Gasteiger partial charge in [0.2, 0.25) is 0 Å². The summed E-state index contributed by atoms with van der Waals surface area (Å²) in [6, 6.07) is 0. The van der Waals surface area contributed by atoms with Crippen molar-refractivity contribution in [2.75, 3.05) is 26.7 Å². The topological polar surface area (TPSA) is 68.3 Å². The van der Waals surface area contributed by atoms with E-state index in [0.717, 1.165) is 45.2 Å². The zero-order chi connectivity index (χ0) is 25.8. The van der Waals surface area contributed by atoms with Crippen molar-refractivity contribution in [1.29, 1.82) is 0 Å². The van der Waals surface area contributed by atoms with Crippen LogP contribution in [0.3, 0.4) is 0 Å². The smallest absolute Gasteiger partial charge is 0.444 e. The van der Waals surface area contributed by atoms with Crippen LogP contribution < -0.4 is 0 Å². The maximum Gasteiger partial charge on any atom is 0.457 e. The number of likely N-dealkylation sites (N-methyl/N-ethyl adjacent to an activating group) is 1. The monoisotopic (exact) mass is 480 g/mol. The molecule has 0 aromatic heterocycles. The van der Waals surface area contributed by atoms with Gasteiger partial charge in [-0.05, 0) is 113 Å². The Labute approximate surface area is 208 Å². The summed E-state index contributed by atoms with van der Waals surface area (Å²) >= 11 is 0. The van der Waals surface area contributed by atoms with Crippen LogP contribution in [0.1, 0.15) is 100 Å². The van der Waals surface area contributed by atoms with Crippen LogP contribution in [0.4, 0.5) is 4.79 Å². The fraction of sp³-hybridized carbons (Fsp3) is 0.923. The number of amides is 1. The Morgan fingerprint density at radius 3 is 2.00 bits per heavy atom. The van der Waals surface area contributed by atoms with Crippen LogP contribution in [0.5, 0.6) is 0 Å². The highest BCUT2D eigenvalue weighted by molar-refractivity contribution is 6.45. The molecule has 0 radical (unpaired) electrons. The molecular formula is C26H49BN2O5. The fourth-order valence-corrected chi connectivity index (χ4v) is 4.97. The van der Waals surface area contributed by atoms with E-state index in [1.165, 1.54) is 12.8 Å². The van der Waals surface area contributed by atoms with Crippen molar-refractivity contribution in [3.63, 3.8) is 0 Å². The summed E-state index contributed by atoms with van der Waals surface area (Å²) in [7, 11) is 1.48. The zero-order valence-electron chi connectivity index (χ0n) is 23.3. The Kier molecular flexibility index (Phi) is 9.68. The molecule has 1 atom stereocenters. The third-order valence-electron chi connectivity index (χ3n) is 7.81. The van der Waals surface area contributed by atoms with Crippen LogP contribution >= 0.6 is 0 Å². The lowest BCUT2D eigenvalue weighted by Crippen LogP contribution is -2.55. The van der Waals surface area contributed by atoms with Gasteiger partial charge in [-0.2, -0.15) is 0 Å². The van der Waals surface area contributed by atoms with E-state index in [1.54, 1.807) is 18.9 Å². The second-order valence-corrected chi connectivity index (χ2v) is 12.2. The maximum absolute atomic E-state index is 13.1. The van der Waals surface area contributed by atoms with Crippen molar-refractivity contribution in [2.45, 2.75) is 129 Å². The van der Waals surface area contributed by atoms with Gasteiger partial charge in [-0.3, -0.25) is 9.69 Å². The number of likely N-dealkylation sites (tertiary alicyclic amines) is 1. The number of hydrogen-bond acceptors (Lipinski definition) is 6. The van der Waals surface area contributed by atoms with Gasteiger partial charge in [0, 0.05) is 7.05 Å². The second kappa shape index (κ2) is 11.3. The number of carbonyl (C=O) groups is 2. The summed E-state index contributed by atoms with van der Waals surface area (Å²) in [6.45, 7) is 18.6. The number of ketones is 1. The zero-order valence-corrected chi connectivity index (χ0v) is 23.3. The minimum atomic E-state index is -0.863. The summed E-state index contributed by atoms with van der Waals surface area (Å²) in [5.41, 5.74) is -2.15. The molecule has 0 spiro atoms. The summed E-state index contributed by atoms with van der Waals surface area (Å²) in [5, 5.41) is 0. The summed E-state index contributed by atoms with van der Waals surface area (Å²) < 4.78 is 17.9. The standard InChI is InChI=1S/C26H49BN2O5/c1-21(30)26(16-14-20-29-18-12-13-19-29,28(9)22(31)32-23(2,3)4)15-10-11-17-27-33-24(5,6)25(7,8)34-27/h10-20H2,1-9H3. The van der Waals surface area contributed by atoms with Gasteiger partial charge in [0.15, 0.2) is 5.78 Å². The molecule has 2 fully saturated rings. The Hall–Kier alpha value is -1.12. The third-order valence-corrected chi connectivity index (χ3v) is 7.81. The van der Waals surface area contributed by atoms with E-state index in [4.69, 9.17) is 14.0 Å². The number of unbranched alkanes of at least 4 members (excludes halogenated alkanes) is 1. The molecule has 2 rings (SSSR count). The average molecular weight is 480 g/mol. The molecule has 2 aliphatic rings. The Morgan fingerprint density at radius 2 is 1.50 bits per heavy atom. The van der Waals surface area contributed by atoms with Crippen molar-refractivity contribution >= 4 is 19.0 Å². The van der Waals surface area contributed by atoms with E-state index >= 15 is 0 Å². The van der Waals surface area contributed by atoms with Crippen LogP contribution in [0.15, 0.2) is 0 Å². The van der Waals surface area contributed by atoms with E-state index in [9.17, 15) is 9.59 Å². The lowest BCUT2D eigenvalue weighted by atomic mass is 9.78. The molecule has 0 aliphatic carbocycles. The number of carbonyl (C=O) groups excluding carboxylic acids is 2. The number of Topliss-reactive ketones (excluding diaryl/α,β-unsaturated/α-hetero) is 1. The van der Waals surface area contributed by atoms with Crippen molar-refractivity contribution in [3.05, 3.63) is 0 Å². The van der Waals surface area contributed by atoms with E-state index in [-0.39, 0.29) is 24.1 Å². The molecule has 8 heteroatoms.